The fraction of sp³-hybridized carbons (Fsp3) is 0.0952. The molecule has 0 bridgehead atoms. The first-order valence-corrected chi connectivity index (χ1v) is 8.24. The molecule has 5 nitrogen and oxygen atoms in total. The van der Waals surface area contributed by atoms with Gasteiger partial charge in [-0.3, -0.25) is 0 Å². The number of rotatable bonds is 4. The Labute approximate surface area is 151 Å². The molecule has 0 fully saturated rings. The van der Waals surface area contributed by atoms with Crippen LogP contribution in [-0.2, 0) is 0 Å². The number of hydrogen-bond acceptors (Lipinski definition) is 5. The molecule has 0 aliphatic rings. The molecule has 2 heterocycles. The second-order valence-electron chi connectivity index (χ2n) is 5.85. The minimum absolute atomic E-state index is 0.532. The summed E-state index contributed by atoms with van der Waals surface area (Å²) < 4.78 is 11.1. The average molecular weight is 343 g/mol. The molecule has 0 unspecified atom stereocenters. The van der Waals surface area contributed by atoms with Crippen molar-refractivity contribution in [1.29, 1.82) is 0 Å². The molecule has 0 spiro atoms. The second kappa shape index (κ2) is 6.80. The summed E-state index contributed by atoms with van der Waals surface area (Å²) in [6, 6.07) is 19.1. The second-order valence-corrected chi connectivity index (χ2v) is 5.85. The summed E-state index contributed by atoms with van der Waals surface area (Å²) in [5, 5.41) is 0.998. The lowest BCUT2D eigenvalue weighted by Gasteiger charge is -2.10. The summed E-state index contributed by atoms with van der Waals surface area (Å²) in [6.45, 7) is 1.96. The van der Waals surface area contributed by atoms with Gasteiger partial charge >= 0.3 is 0 Å². The lowest BCUT2D eigenvalue weighted by molar-refractivity contribution is 0.412. The van der Waals surface area contributed by atoms with E-state index in [4.69, 9.17) is 9.47 Å². The normalized spacial score (nSPS) is 10.7. The quantitative estimate of drug-likeness (QED) is 0.533. The number of pyridine rings is 1. The van der Waals surface area contributed by atoms with Gasteiger partial charge in [0.15, 0.2) is 5.82 Å². The van der Waals surface area contributed by atoms with E-state index in [2.05, 4.69) is 15.0 Å². The molecule has 0 atom stereocenters. The Bertz CT molecular complexity index is 1060. The van der Waals surface area contributed by atoms with Gasteiger partial charge < -0.3 is 9.47 Å². The molecule has 128 valence electrons. The topological polar surface area (TPSA) is 57.1 Å². The molecule has 0 aliphatic carbocycles. The van der Waals surface area contributed by atoms with Crippen LogP contribution in [0.4, 0.5) is 0 Å². The van der Waals surface area contributed by atoms with E-state index in [9.17, 15) is 0 Å². The van der Waals surface area contributed by atoms with E-state index in [-0.39, 0.29) is 0 Å². The van der Waals surface area contributed by atoms with Crippen molar-refractivity contribution in [3.63, 3.8) is 0 Å². The highest BCUT2D eigenvalue weighted by atomic mass is 16.5. The molecule has 0 amide bonds. The van der Waals surface area contributed by atoms with E-state index >= 15 is 0 Å². The molecular weight excluding hydrogens is 326 g/mol. The molecule has 26 heavy (non-hydrogen) atoms. The van der Waals surface area contributed by atoms with Crippen molar-refractivity contribution < 1.29 is 9.47 Å². The number of fused-ring (bicyclic) bond motifs is 1. The molecule has 0 saturated heterocycles. The number of aromatic nitrogens is 3. The third kappa shape index (κ3) is 3.19. The number of aryl methyl sites for hydroxylation is 1. The van der Waals surface area contributed by atoms with Crippen LogP contribution < -0.4 is 9.47 Å². The minimum Gasteiger partial charge on any atom is -0.497 e. The van der Waals surface area contributed by atoms with Crippen LogP contribution in [0.5, 0.6) is 17.4 Å². The van der Waals surface area contributed by atoms with Crippen molar-refractivity contribution >= 4 is 10.9 Å². The molecule has 0 N–H and O–H groups in total. The van der Waals surface area contributed by atoms with E-state index in [0.717, 1.165) is 22.2 Å². The molecule has 0 radical (unpaired) electrons. The highest BCUT2D eigenvalue weighted by molar-refractivity contribution is 5.79. The molecule has 0 saturated carbocycles. The number of methoxy groups -OCH3 is 1. The molecule has 4 aromatic rings. The maximum absolute atomic E-state index is 5.94. The Balaban J connectivity index is 1.68. The van der Waals surface area contributed by atoms with Crippen molar-refractivity contribution in [2.45, 2.75) is 6.92 Å². The lowest BCUT2D eigenvalue weighted by Crippen LogP contribution is -1.97. The third-order valence-electron chi connectivity index (χ3n) is 4.04. The molecule has 0 aliphatic heterocycles. The van der Waals surface area contributed by atoms with Gasteiger partial charge in [-0.25, -0.2) is 15.0 Å². The highest BCUT2D eigenvalue weighted by Crippen LogP contribution is 2.27. The largest absolute Gasteiger partial charge is 0.497 e. The predicted molar refractivity (Wildman–Crippen MR) is 101 cm³/mol. The first-order valence-electron chi connectivity index (χ1n) is 8.24. The fourth-order valence-corrected chi connectivity index (χ4v) is 2.59. The van der Waals surface area contributed by atoms with Crippen molar-refractivity contribution in [3.8, 4) is 28.9 Å². The number of nitrogens with zero attached hydrogens (tertiary/aromatic N) is 3. The Morgan fingerprint density at radius 1 is 0.808 bits per heavy atom. The monoisotopic (exact) mass is 343 g/mol. The summed E-state index contributed by atoms with van der Waals surface area (Å²) in [7, 11) is 1.63. The van der Waals surface area contributed by atoms with E-state index < -0.39 is 0 Å². The van der Waals surface area contributed by atoms with Crippen molar-refractivity contribution in [2.24, 2.45) is 0 Å². The third-order valence-corrected chi connectivity index (χ3v) is 4.04. The maximum atomic E-state index is 5.94. The average Bonchev–Trinajstić information content (AvgIpc) is 2.70. The zero-order valence-corrected chi connectivity index (χ0v) is 14.5. The smallest absolute Gasteiger partial charge is 0.222 e. The zero-order valence-electron chi connectivity index (χ0n) is 14.5. The Kier molecular flexibility index (Phi) is 4.19. The summed E-state index contributed by atoms with van der Waals surface area (Å²) >= 11 is 0. The molecule has 2 aromatic carbocycles. The Morgan fingerprint density at radius 3 is 2.38 bits per heavy atom. The standard InChI is InChI=1S/C21H17N3O2/c1-14-7-12-19(20-22-13-15-5-3-4-6-18(15)23-20)24-21(14)26-17-10-8-16(25-2)9-11-17/h3-13H,1-2H3. The first kappa shape index (κ1) is 16.0. The summed E-state index contributed by atoms with van der Waals surface area (Å²) in [5.74, 6) is 2.58. The van der Waals surface area contributed by atoms with Crippen molar-refractivity contribution in [3.05, 3.63) is 72.4 Å². The van der Waals surface area contributed by atoms with Crippen LogP contribution in [0.15, 0.2) is 66.9 Å². The molecule has 4 rings (SSSR count). The SMILES string of the molecule is COc1ccc(Oc2nc(-c3ncc4ccccc4n3)ccc2C)cc1. The zero-order chi connectivity index (χ0) is 17.9. The molecule has 2 aromatic heterocycles. The van der Waals surface area contributed by atoms with Gasteiger partial charge in [0.25, 0.3) is 0 Å². The van der Waals surface area contributed by atoms with Gasteiger partial charge in [-0.15, -0.1) is 0 Å². The fourth-order valence-electron chi connectivity index (χ4n) is 2.59. The van der Waals surface area contributed by atoms with Crippen LogP contribution in [0.25, 0.3) is 22.4 Å². The minimum atomic E-state index is 0.532. The number of benzene rings is 2. The highest BCUT2D eigenvalue weighted by Gasteiger charge is 2.10. The van der Waals surface area contributed by atoms with E-state index in [1.54, 1.807) is 7.11 Å². The summed E-state index contributed by atoms with van der Waals surface area (Å²) in [4.78, 5) is 13.6. The van der Waals surface area contributed by atoms with Crippen molar-refractivity contribution in [2.75, 3.05) is 7.11 Å². The van der Waals surface area contributed by atoms with Crippen LogP contribution in [-0.4, -0.2) is 22.1 Å². The number of hydrogen-bond donors (Lipinski definition) is 0. The lowest BCUT2D eigenvalue weighted by atomic mass is 10.2. The summed E-state index contributed by atoms with van der Waals surface area (Å²) in [5.41, 5.74) is 2.49. The van der Waals surface area contributed by atoms with Crippen LogP contribution in [0, 0.1) is 6.92 Å². The number of ether oxygens (including phenoxy) is 2. The Hall–Kier alpha value is -3.47. The van der Waals surface area contributed by atoms with E-state index in [0.29, 0.717) is 23.1 Å². The molecule has 5 heteroatoms. The van der Waals surface area contributed by atoms with Gasteiger partial charge in [-0.05, 0) is 43.3 Å². The van der Waals surface area contributed by atoms with E-state index in [1.165, 1.54) is 0 Å². The van der Waals surface area contributed by atoms with Gasteiger partial charge in [-0.2, -0.15) is 0 Å². The van der Waals surface area contributed by atoms with Gasteiger partial charge in [0.2, 0.25) is 5.88 Å². The Morgan fingerprint density at radius 2 is 1.58 bits per heavy atom. The van der Waals surface area contributed by atoms with Crippen LogP contribution in [0.1, 0.15) is 5.56 Å². The maximum Gasteiger partial charge on any atom is 0.222 e. The molecular formula is C21H17N3O2. The number of para-hydroxylation sites is 1. The van der Waals surface area contributed by atoms with E-state index in [1.807, 2.05) is 73.8 Å². The van der Waals surface area contributed by atoms with Crippen LogP contribution >= 0.6 is 0 Å². The van der Waals surface area contributed by atoms with Crippen molar-refractivity contribution in [1.82, 2.24) is 15.0 Å². The summed E-state index contributed by atoms with van der Waals surface area (Å²) in [6.07, 6.45) is 1.81. The predicted octanol–water partition coefficient (Wildman–Crippen LogP) is 4.80. The van der Waals surface area contributed by atoms with Gasteiger partial charge in [-0.1, -0.05) is 24.3 Å². The van der Waals surface area contributed by atoms with Gasteiger partial charge in [0.1, 0.15) is 17.2 Å². The van der Waals surface area contributed by atoms with Gasteiger partial charge in [0, 0.05) is 17.1 Å². The van der Waals surface area contributed by atoms with Gasteiger partial charge in [0.05, 0.1) is 12.6 Å². The van der Waals surface area contributed by atoms with Crippen LogP contribution in [0.2, 0.25) is 0 Å². The first-order chi connectivity index (χ1) is 12.7. The van der Waals surface area contributed by atoms with Crippen LogP contribution in [0.3, 0.4) is 0 Å².